The summed E-state index contributed by atoms with van der Waals surface area (Å²) in [5, 5.41) is 4.01. The van der Waals surface area contributed by atoms with Gasteiger partial charge in [0.05, 0.1) is 10.3 Å². The van der Waals surface area contributed by atoms with Gasteiger partial charge in [-0.05, 0) is 62.4 Å². The lowest BCUT2D eigenvalue weighted by Gasteiger charge is -2.14. The number of aryl methyl sites for hydroxylation is 1. The van der Waals surface area contributed by atoms with Gasteiger partial charge < -0.3 is 5.32 Å². The van der Waals surface area contributed by atoms with Crippen LogP contribution in [0.25, 0.3) is 11.0 Å². The molecule has 1 aliphatic rings. The van der Waals surface area contributed by atoms with E-state index in [1.54, 1.807) is 30.3 Å². The molecule has 136 valence electrons. The Balaban J connectivity index is 1.81. The molecule has 0 spiro atoms. The molecular formula is C18H19ClN4O2S. The van der Waals surface area contributed by atoms with Gasteiger partial charge in [-0.2, -0.15) is 4.98 Å². The van der Waals surface area contributed by atoms with Gasteiger partial charge in [-0.15, -0.1) is 0 Å². The molecule has 6 nitrogen and oxygen atoms in total. The molecule has 0 unspecified atom stereocenters. The lowest BCUT2D eigenvalue weighted by molar-refractivity contribution is 0.588. The van der Waals surface area contributed by atoms with Crippen LogP contribution in [-0.4, -0.2) is 28.4 Å². The number of hydrogen-bond donors (Lipinski definition) is 1. The highest BCUT2D eigenvalue weighted by atomic mass is 35.5. The molecule has 1 atom stereocenters. The van der Waals surface area contributed by atoms with E-state index in [2.05, 4.69) is 22.2 Å². The van der Waals surface area contributed by atoms with E-state index < -0.39 is 10.0 Å². The highest BCUT2D eigenvalue weighted by molar-refractivity contribution is 7.90. The van der Waals surface area contributed by atoms with Crippen LogP contribution in [0, 0.1) is 12.8 Å². The number of hydrogen-bond acceptors (Lipinski definition) is 5. The minimum atomic E-state index is -3.77. The van der Waals surface area contributed by atoms with Crippen molar-refractivity contribution in [1.82, 2.24) is 13.9 Å². The molecule has 0 bridgehead atoms. The van der Waals surface area contributed by atoms with Crippen molar-refractivity contribution in [2.45, 2.75) is 37.6 Å². The number of rotatable bonds is 5. The Morgan fingerprint density at radius 2 is 1.88 bits per heavy atom. The third-order valence-electron chi connectivity index (χ3n) is 4.75. The second kappa shape index (κ2) is 6.25. The van der Waals surface area contributed by atoms with Crippen molar-refractivity contribution in [3.8, 4) is 0 Å². The first-order valence-corrected chi connectivity index (χ1v) is 10.3. The smallest absolute Gasteiger partial charge is 0.269 e. The Kier molecular flexibility index (Phi) is 4.16. The number of benzene rings is 1. The maximum Gasteiger partial charge on any atom is 0.269 e. The lowest BCUT2D eigenvalue weighted by atomic mass is 10.2. The van der Waals surface area contributed by atoms with Crippen LogP contribution in [0.5, 0.6) is 0 Å². The van der Waals surface area contributed by atoms with Gasteiger partial charge in [0.15, 0.2) is 5.65 Å². The molecule has 2 aromatic heterocycles. The van der Waals surface area contributed by atoms with Crippen LogP contribution in [0.3, 0.4) is 0 Å². The van der Waals surface area contributed by atoms with Crippen molar-refractivity contribution < 1.29 is 8.42 Å². The van der Waals surface area contributed by atoms with Crippen LogP contribution in [0.4, 0.5) is 5.82 Å². The van der Waals surface area contributed by atoms with E-state index in [1.807, 2.05) is 6.92 Å². The van der Waals surface area contributed by atoms with Crippen molar-refractivity contribution in [2.24, 2.45) is 5.92 Å². The first kappa shape index (κ1) is 17.3. The normalized spacial score (nSPS) is 16.0. The number of anilines is 1. The predicted octanol–water partition coefficient (Wildman–Crippen LogP) is 3.84. The highest BCUT2D eigenvalue weighted by Gasteiger charge is 2.29. The summed E-state index contributed by atoms with van der Waals surface area (Å²) in [4.78, 5) is 8.64. The third-order valence-corrected chi connectivity index (χ3v) is 6.60. The minimum absolute atomic E-state index is 0.0158. The summed E-state index contributed by atoms with van der Waals surface area (Å²) in [7, 11) is -3.77. The Labute approximate surface area is 157 Å². The molecular weight excluding hydrogens is 372 g/mol. The van der Waals surface area contributed by atoms with Crippen LogP contribution in [0.1, 0.15) is 25.3 Å². The van der Waals surface area contributed by atoms with Gasteiger partial charge in [-0.1, -0.05) is 17.7 Å². The van der Waals surface area contributed by atoms with Gasteiger partial charge in [-0.25, -0.2) is 17.4 Å². The van der Waals surface area contributed by atoms with E-state index in [-0.39, 0.29) is 21.9 Å². The molecule has 3 aromatic rings. The van der Waals surface area contributed by atoms with Crippen molar-refractivity contribution in [2.75, 3.05) is 5.32 Å². The first-order valence-electron chi connectivity index (χ1n) is 8.49. The molecule has 0 radical (unpaired) electrons. The Morgan fingerprint density at radius 3 is 2.54 bits per heavy atom. The molecule has 1 fully saturated rings. The number of fused-ring (bicyclic) bond motifs is 1. The Hall–Kier alpha value is -2.12. The van der Waals surface area contributed by atoms with Crippen molar-refractivity contribution in [3.05, 3.63) is 47.4 Å². The van der Waals surface area contributed by atoms with Crippen LogP contribution < -0.4 is 5.32 Å². The number of aromatic nitrogens is 3. The van der Waals surface area contributed by atoms with E-state index >= 15 is 0 Å². The maximum absolute atomic E-state index is 13.0. The van der Waals surface area contributed by atoms with Crippen LogP contribution in [0.15, 0.2) is 41.4 Å². The number of nitrogens with one attached hydrogen (secondary N) is 1. The fourth-order valence-electron chi connectivity index (χ4n) is 3.02. The van der Waals surface area contributed by atoms with Crippen molar-refractivity contribution >= 4 is 38.5 Å². The average Bonchev–Trinajstić information content (AvgIpc) is 3.35. The molecule has 0 saturated heterocycles. The zero-order valence-corrected chi connectivity index (χ0v) is 16.0. The second-order valence-electron chi connectivity index (χ2n) is 6.78. The second-order valence-corrected chi connectivity index (χ2v) is 8.93. The van der Waals surface area contributed by atoms with Gasteiger partial charge in [0.25, 0.3) is 10.0 Å². The molecule has 8 heteroatoms. The fraction of sp³-hybridized carbons (Fsp3) is 0.333. The number of nitrogens with zero attached hydrogens (tertiary/aromatic N) is 3. The maximum atomic E-state index is 13.0. The monoisotopic (exact) mass is 390 g/mol. The molecule has 0 amide bonds. The summed E-state index contributed by atoms with van der Waals surface area (Å²) in [6.07, 6.45) is 3.88. The summed E-state index contributed by atoms with van der Waals surface area (Å²) in [5.41, 5.74) is 1.27. The highest BCUT2D eigenvalue weighted by Crippen LogP contribution is 2.35. The van der Waals surface area contributed by atoms with Gasteiger partial charge in [0, 0.05) is 12.2 Å². The van der Waals surface area contributed by atoms with Gasteiger partial charge in [0.1, 0.15) is 5.82 Å². The molecule has 2 heterocycles. The fourth-order valence-corrected chi connectivity index (χ4v) is 4.48. The van der Waals surface area contributed by atoms with Gasteiger partial charge >= 0.3 is 0 Å². The molecule has 26 heavy (non-hydrogen) atoms. The largest absolute Gasteiger partial charge is 0.367 e. The molecule has 1 aromatic carbocycles. The van der Waals surface area contributed by atoms with E-state index in [0.717, 1.165) is 9.54 Å². The Bertz CT molecular complexity index is 1070. The summed E-state index contributed by atoms with van der Waals surface area (Å²) in [5.74, 6) is 1.19. The van der Waals surface area contributed by atoms with E-state index in [1.165, 1.54) is 19.0 Å². The Morgan fingerprint density at radius 1 is 1.19 bits per heavy atom. The molecule has 0 aliphatic heterocycles. The quantitative estimate of drug-likeness (QED) is 0.670. The minimum Gasteiger partial charge on any atom is -0.367 e. The SMILES string of the molecule is Cc1ccc(S(=O)(=O)n2ccc3c(N[C@@H](C)C4CC4)nc(Cl)nc32)cc1. The standard InChI is InChI=1S/C18H19ClN4O2S/c1-11-3-7-14(8-4-11)26(24,25)23-10-9-15-16(20-12(2)13-5-6-13)21-18(19)22-17(15)23/h3-4,7-10,12-13H,5-6H2,1-2H3,(H,20,21,22)/t12-/m0/s1. The number of halogens is 1. The first-order chi connectivity index (χ1) is 12.4. The molecule has 1 N–H and O–H groups in total. The molecule has 4 rings (SSSR count). The molecule has 1 aliphatic carbocycles. The van der Waals surface area contributed by atoms with Crippen molar-refractivity contribution in [1.29, 1.82) is 0 Å². The summed E-state index contributed by atoms with van der Waals surface area (Å²) < 4.78 is 27.2. The van der Waals surface area contributed by atoms with Crippen molar-refractivity contribution in [3.63, 3.8) is 0 Å². The summed E-state index contributed by atoms with van der Waals surface area (Å²) in [6.45, 7) is 4.01. The van der Waals surface area contributed by atoms with E-state index in [9.17, 15) is 8.42 Å². The van der Waals surface area contributed by atoms with Crippen LogP contribution >= 0.6 is 11.6 Å². The molecule has 1 saturated carbocycles. The average molecular weight is 391 g/mol. The van der Waals surface area contributed by atoms with Gasteiger partial charge in [0.2, 0.25) is 5.28 Å². The lowest BCUT2D eigenvalue weighted by Crippen LogP contribution is -2.19. The summed E-state index contributed by atoms with van der Waals surface area (Å²) >= 11 is 6.08. The zero-order chi connectivity index (χ0) is 18.5. The summed E-state index contributed by atoms with van der Waals surface area (Å²) in [6, 6.07) is 8.68. The van der Waals surface area contributed by atoms with E-state index in [4.69, 9.17) is 11.6 Å². The van der Waals surface area contributed by atoms with Crippen LogP contribution in [0.2, 0.25) is 5.28 Å². The van der Waals surface area contributed by atoms with Gasteiger partial charge in [-0.3, -0.25) is 0 Å². The topological polar surface area (TPSA) is 76.9 Å². The third kappa shape index (κ3) is 3.05. The predicted molar refractivity (Wildman–Crippen MR) is 102 cm³/mol. The van der Waals surface area contributed by atoms with Crippen LogP contribution in [-0.2, 0) is 10.0 Å². The zero-order valence-electron chi connectivity index (χ0n) is 14.5. The van der Waals surface area contributed by atoms with E-state index in [0.29, 0.717) is 17.1 Å².